The second-order valence-corrected chi connectivity index (χ2v) is 6.51. The van der Waals surface area contributed by atoms with Crippen LogP contribution in [0.1, 0.15) is 20.8 Å². The van der Waals surface area contributed by atoms with Crippen LogP contribution in [-0.2, 0) is 6.42 Å². The average Bonchev–Trinajstić information content (AvgIpc) is 3.11. The van der Waals surface area contributed by atoms with Crippen molar-refractivity contribution in [2.45, 2.75) is 6.42 Å². The van der Waals surface area contributed by atoms with E-state index in [1.807, 2.05) is 24.3 Å². The Labute approximate surface area is 118 Å². The van der Waals surface area contributed by atoms with Crippen LogP contribution in [0.25, 0.3) is 9.40 Å². The monoisotopic (exact) mass is 286 g/mol. The van der Waals surface area contributed by atoms with Crippen LogP contribution in [0.3, 0.4) is 0 Å². The first-order valence-electron chi connectivity index (χ1n) is 6.09. The van der Waals surface area contributed by atoms with E-state index < -0.39 is 0 Å². The van der Waals surface area contributed by atoms with Crippen LogP contribution in [0, 0.1) is 0 Å². The molecule has 94 valence electrons. The molecule has 1 aromatic carbocycles. The fraction of sp³-hybridized carbons (Fsp3) is 0.133. The lowest BCUT2D eigenvalue weighted by Crippen LogP contribution is -2.01. The molecule has 0 bridgehead atoms. The van der Waals surface area contributed by atoms with Crippen molar-refractivity contribution in [3.05, 3.63) is 51.7 Å². The number of rotatable bonds is 2. The summed E-state index contributed by atoms with van der Waals surface area (Å²) in [5.41, 5.74) is 1.84. The fourth-order valence-electron chi connectivity index (χ4n) is 2.40. The van der Waals surface area contributed by atoms with Crippen molar-refractivity contribution < 1.29 is 9.53 Å². The van der Waals surface area contributed by atoms with E-state index in [9.17, 15) is 4.79 Å². The van der Waals surface area contributed by atoms with Gasteiger partial charge in [0.1, 0.15) is 5.75 Å². The van der Waals surface area contributed by atoms with Crippen LogP contribution >= 0.6 is 22.7 Å². The Morgan fingerprint density at radius 3 is 3.05 bits per heavy atom. The quantitative estimate of drug-likeness (QED) is 0.662. The number of carbonyl (C=O) groups excluding carboxylic acids is 1. The summed E-state index contributed by atoms with van der Waals surface area (Å²) in [7, 11) is 0. The van der Waals surface area contributed by atoms with Gasteiger partial charge in [-0.25, -0.2) is 0 Å². The Morgan fingerprint density at radius 1 is 1.21 bits per heavy atom. The third-order valence-corrected chi connectivity index (χ3v) is 5.41. The number of thiophene rings is 2. The summed E-state index contributed by atoms with van der Waals surface area (Å²) < 4.78 is 7.98. The van der Waals surface area contributed by atoms with E-state index in [0.717, 1.165) is 22.6 Å². The Balaban J connectivity index is 1.82. The Bertz CT molecular complexity index is 754. The zero-order chi connectivity index (χ0) is 12.8. The summed E-state index contributed by atoms with van der Waals surface area (Å²) in [6.45, 7) is 0.680. The zero-order valence-corrected chi connectivity index (χ0v) is 11.6. The summed E-state index contributed by atoms with van der Waals surface area (Å²) in [6, 6.07) is 9.89. The van der Waals surface area contributed by atoms with E-state index >= 15 is 0 Å². The highest BCUT2D eigenvalue weighted by molar-refractivity contribution is 7.28. The first-order valence-corrected chi connectivity index (χ1v) is 7.79. The molecular weight excluding hydrogens is 276 g/mol. The minimum Gasteiger partial charge on any atom is -0.492 e. The maximum absolute atomic E-state index is 12.6. The van der Waals surface area contributed by atoms with Gasteiger partial charge in [-0.3, -0.25) is 4.79 Å². The van der Waals surface area contributed by atoms with Gasteiger partial charge in [0.2, 0.25) is 5.78 Å². The third-order valence-electron chi connectivity index (χ3n) is 3.32. The predicted octanol–water partition coefficient (Wildman–Crippen LogP) is 4.13. The lowest BCUT2D eigenvalue weighted by molar-refractivity contribution is 0.103. The van der Waals surface area contributed by atoms with Crippen LogP contribution in [-0.4, -0.2) is 12.4 Å². The number of ether oxygens (including phenoxy) is 1. The van der Waals surface area contributed by atoms with Gasteiger partial charge in [0, 0.05) is 15.8 Å². The van der Waals surface area contributed by atoms with Crippen molar-refractivity contribution >= 4 is 37.9 Å². The molecule has 0 N–H and O–H groups in total. The van der Waals surface area contributed by atoms with Gasteiger partial charge in [-0.05, 0) is 29.1 Å². The largest absolute Gasteiger partial charge is 0.492 e. The zero-order valence-electron chi connectivity index (χ0n) is 10.0. The van der Waals surface area contributed by atoms with E-state index in [2.05, 4.69) is 11.4 Å². The van der Waals surface area contributed by atoms with Crippen molar-refractivity contribution in [3.63, 3.8) is 0 Å². The van der Waals surface area contributed by atoms with Gasteiger partial charge in [-0.15, -0.1) is 22.7 Å². The van der Waals surface area contributed by atoms with E-state index in [4.69, 9.17) is 4.74 Å². The maximum Gasteiger partial charge on any atom is 0.206 e. The lowest BCUT2D eigenvalue weighted by Gasteiger charge is -2.05. The molecule has 0 aliphatic carbocycles. The van der Waals surface area contributed by atoms with Crippen molar-refractivity contribution in [2.24, 2.45) is 0 Å². The number of hydrogen-bond donors (Lipinski definition) is 0. The lowest BCUT2D eigenvalue weighted by atomic mass is 10.0. The predicted molar refractivity (Wildman–Crippen MR) is 78.8 cm³/mol. The first kappa shape index (κ1) is 11.2. The number of benzene rings is 1. The standard InChI is InChI=1S/C15H10O2S2/c16-14(13-8-12-11(19-13)5-7-18-12)10-3-1-2-9-4-6-17-15(9)10/h1-3,5,7-8H,4,6H2. The molecule has 2 nitrogen and oxygen atoms in total. The Hall–Kier alpha value is -1.65. The van der Waals surface area contributed by atoms with Gasteiger partial charge >= 0.3 is 0 Å². The summed E-state index contributed by atoms with van der Waals surface area (Å²) in [4.78, 5) is 13.4. The summed E-state index contributed by atoms with van der Waals surface area (Å²) in [5.74, 6) is 0.858. The molecule has 0 amide bonds. The SMILES string of the molecule is O=C(c1cc2sccc2s1)c1cccc2c1OCC2. The van der Waals surface area contributed by atoms with Gasteiger partial charge in [0.25, 0.3) is 0 Å². The van der Waals surface area contributed by atoms with E-state index in [1.165, 1.54) is 9.40 Å². The Morgan fingerprint density at radius 2 is 2.16 bits per heavy atom. The summed E-state index contributed by atoms with van der Waals surface area (Å²) >= 11 is 3.23. The van der Waals surface area contributed by atoms with E-state index in [1.54, 1.807) is 22.7 Å². The van der Waals surface area contributed by atoms with E-state index in [0.29, 0.717) is 12.2 Å². The van der Waals surface area contributed by atoms with Crippen molar-refractivity contribution in [2.75, 3.05) is 6.61 Å². The molecule has 3 heterocycles. The number of hydrogen-bond acceptors (Lipinski definition) is 4. The van der Waals surface area contributed by atoms with Crippen LogP contribution in [0.5, 0.6) is 5.75 Å². The number of fused-ring (bicyclic) bond motifs is 2. The van der Waals surface area contributed by atoms with Gasteiger partial charge in [-0.1, -0.05) is 12.1 Å². The van der Waals surface area contributed by atoms with Gasteiger partial charge in [0.15, 0.2) is 0 Å². The Kier molecular flexibility index (Phi) is 2.47. The van der Waals surface area contributed by atoms with Crippen LogP contribution < -0.4 is 4.74 Å². The molecule has 3 aromatic rings. The average molecular weight is 286 g/mol. The first-order chi connectivity index (χ1) is 9.33. The molecule has 4 rings (SSSR count). The van der Waals surface area contributed by atoms with Crippen molar-refractivity contribution in [1.82, 2.24) is 0 Å². The third kappa shape index (κ3) is 1.71. The number of carbonyl (C=O) groups is 1. The topological polar surface area (TPSA) is 26.3 Å². The second kappa shape index (κ2) is 4.18. The van der Waals surface area contributed by atoms with E-state index in [-0.39, 0.29) is 5.78 Å². The molecule has 4 heteroatoms. The smallest absolute Gasteiger partial charge is 0.206 e. The minimum absolute atomic E-state index is 0.0761. The molecule has 1 aliphatic heterocycles. The highest BCUT2D eigenvalue weighted by Crippen LogP contribution is 2.35. The van der Waals surface area contributed by atoms with Crippen LogP contribution in [0.4, 0.5) is 0 Å². The number of ketones is 1. The molecule has 0 fully saturated rings. The van der Waals surface area contributed by atoms with Crippen molar-refractivity contribution in [3.8, 4) is 5.75 Å². The number of para-hydroxylation sites is 1. The maximum atomic E-state index is 12.6. The van der Waals surface area contributed by atoms with Gasteiger partial charge < -0.3 is 4.74 Å². The molecule has 0 unspecified atom stereocenters. The van der Waals surface area contributed by atoms with Crippen LogP contribution in [0.15, 0.2) is 35.7 Å². The highest BCUT2D eigenvalue weighted by atomic mass is 32.1. The summed E-state index contributed by atoms with van der Waals surface area (Å²) in [5, 5.41) is 2.05. The normalized spacial score (nSPS) is 13.5. The van der Waals surface area contributed by atoms with Gasteiger partial charge in [-0.2, -0.15) is 0 Å². The molecular formula is C15H10O2S2. The molecule has 19 heavy (non-hydrogen) atoms. The van der Waals surface area contributed by atoms with Gasteiger partial charge in [0.05, 0.1) is 17.0 Å². The molecule has 2 aromatic heterocycles. The fourth-order valence-corrected chi connectivity index (χ4v) is 4.47. The molecule has 0 radical (unpaired) electrons. The molecule has 0 saturated heterocycles. The highest BCUT2D eigenvalue weighted by Gasteiger charge is 2.22. The minimum atomic E-state index is 0.0761. The van der Waals surface area contributed by atoms with Crippen molar-refractivity contribution in [1.29, 1.82) is 0 Å². The molecule has 0 spiro atoms. The molecule has 0 saturated carbocycles. The molecule has 0 atom stereocenters. The summed E-state index contributed by atoms with van der Waals surface area (Å²) in [6.07, 6.45) is 0.899. The second-order valence-electron chi connectivity index (χ2n) is 4.48. The molecule has 1 aliphatic rings. The van der Waals surface area contributed by atoms with Crippen LogP contribution in [0.2, 0.25) is 0 Å².